The topological polar surface area (TPSA) is 101 Å². The molecule has 0 aromatic heterocycles. The van der Waals surface area contributed by atoms with Crippen molar-refractivity contribution in [3.63, 3.8) is 0 Å². The van der Waals surface area contributed by atoms with Gasteiger partial charge < -0.3 is 9.84 Å². The zero-order valence-electron chi connectivity index (χ0n) is 9.21. The second-order valence-electron chi connectivity index (χ2n) is 4.00. The lowest BCUT2D eigenvalue weighted by Gasteiger charge is -2.47. The average Bonchev–Trinajstić information content (AvgIpc) is 2.18. The summed E-state index contributed by atoms with van der Waals surface area (Å²) >= 11 is 0. The molecule has 1 N–H and O–H groups in total. The summed E-state index contributed by atoms with van der Waals surface area (Å²) in [5, 5.41) is 7.79. The number of methoxy groups -OCH3 is 1. The van der Waals surface area contributed by atoms with Crippen molar-refractivity contribution >= 4 is 21.7 Å². The average molecular weight is 261 g/mol. The number of carboxylic acid groups (broad SMARTS) is 1. The van der Waals surface area contributed by atoms with Gasteiger partial charge in [-0.2, -0.15) is 0 Å². The Hall–Kier alpha value is -1.41. The number of fused-ring (bicyclic) bond motifs is 1. The van der Waals surface area contributed by atoms with Crippen molar-refractivity contribution in [3.8, 4) is 0 Å². The van der Waals surface area contributed by atoms with Gasteiger partial charge in [-0.15, -0.1) is 0 Å². The number of rotatable bonds is 2. The molecule has 0 unspecified atom stereocenters. The number of carboxylic acids is 1. The molecule has 1 amide bonds. The lowest BCUT2D eigenvalue weighted by molar-refractivity contribution is -0.162. The normalized spacial score (nSPS) is 30.9. The highest BCUT2D eigenvalue weighted by atomic mass is 32.2. The highest BCUT2D eigenvalue weighted by Crippen LogP contribution is 2.37. The van der Waals surface area contributed by atoms with Gasteiger partial charge in [-0.3, -0.25) is 9.69 Å². The van der Waals surface area contributed by atoms with Gasteiger partial charge in [0.2, 0.25) is 0 Å². The van der Waals surface area contributed by atoms with Gasteiger partial charge in [-0.1, -0.05) is 0 Å². The van der Waals surface area contributed by atoms with E-state index >= 15 is 0 Å². The van der Waals surface area contributed by atoms with Crippen molar-refractivity contribution in [3.05, 3.63) is 11.3 Å². The minimum absolute atomic E-state index is 0.164. The molecule has 1 saturated heterocycles. The maximum absolute atomic E-state index is 11.8. The molecule has 0 bridgehead atoms. The standard InChI is InChI=1S/C9H11NO6S/c1-4-3-17(14,15)8-6(16-2)7(11)10(8)5(4)9(12)13/h6,8H,3H2,1-2H3,(H,12,13)/t6-,8-/m0/s1. The third-order valence-electron chi connectivity index (χ3n) is 2.88. The minimum atomic E-state index is -3.57. The van der Waals surface area contributed by atoms with Crippen LogP contribution in [0.2, 0.25) is 0 Å². The summed E-state index contributed by atoms with van der Waals surface area (Å²) in [5.41, 5.74) is -0.0835. The van der Waals surface area contributed by atoms with Crippen LogP contribution >= 0.6 is 0 Å². The smallest absolute Gasteiger partial charge is 0.352 e. The molecule has 2 aliphatic rings. The molecule has 2 rings (SSSR count). The first-order valence-electron chi connectivity index (χ1n) is 4.81. The van der Waals surface area contributed by atoms with E-state index in [1.54, 1.807) is 0 Å². The lowest BCUT2D eigenvalue weighted by Crippen LogP contribution is -2.70. The number of amides is 1. The molecule has 0 aromatic rings. The monoisotopic (exact) mass is 261 g/mol. The molecule has 94 valence electrons. The summed E-state index contributed by atoms with van der Waals surface area (Å²) in [4.78, 5) is 23.4. The summed E-state index contributed by atoms with van der Waals surface area (Å²) in [6, 6.07) is 0. The van der Waals surface area contributed by atoms with Gasteiger partial charge in [-0.05, 0) is 12.5 Å². The van der Waals surface area contributed by atoms with E-state index in [1.807, 2.05) is 0 Å². The number of β-lactam (4-membered cyclic amide) rings is 1. The van der Waals surface area contributed by atoms with Crippen molar-refractivity contribution in [2.45, 2.75) is 18.4 Å². The molecule has 17 heavy (non-hydrogen) atoms. The Labute approximate surface area is 97.6 Å². The van der Waals surface area contributed by atoms with Crippen molar-refractivity contribution in [1.82, 2.24) is 4.90 Å². The van der Waals surface area contributed by atoms with Crippen LogP contribution in [-0.2, 0) is 24.2 Å². The van der Waals surface area contributed by atoms with E-state index in [0.717, 1.165) is 4.90 Å². The molecule has 2 heterocycles. The molecule has 0 aliphatic carbocycles. The highest BCUT2D eigenvalue weighted by Gasteiger charge is 2.59. The Kier molecular flexibility index (Phi) is 2.51. The third kappa shape index (κ3) is 1.48. The number of aliphatic carboxylic acids is 1. The van der Waals surface area contributed by atoms with Crippen LogP contribution in [-0.4, -0.2) is 54.6 Å². The SMILES string of the molecule is CO[C@H]1C(=O)N2C(C(=O)O)=C(C)CS(=O)(=O)[C@@H]12. The predicted octanol–water partition coefficient (Wildman–Crippen LogP) is -1.04. The molecule has 7 nitrogen and oxygen atoms in total. The van der Waals surface area contributed by atoms with Crippen LogP contribution in [0.1, 0.15) is 6.92 Å². The van der Waals surface area contributed by atoms with Gasteiger partial charge in [0.15, 0.2) is 21.3 Å². The zero-order chi connectivity index (χ0) is 13.0. The van der Waals surface area contributed by atoms with Crippen LogP contribution in [0.15, 0.2) is 11.3 Å². The number of sulfone groups is 1. The van der Waals surface area contributed by atoms with Gasteiger partial charge in [0.1, 0.15) is 5.70 Å². The number of hydrogen-bond acceptors (Lipinski definition) is 5. The van der Waals surface area contributed by atoms with E-state index in [0.29, 0.717) is 0 Å². The maximum atomic E-state index is 11.8. The number of carbonyl (C=O) groups is 2. The van der Waals surface area contributed by atoms with E-state index in [1.165, 1.54) is 14.0 Å². The fraction of sp³-hybridized carbons (Fsp3) is 0.556. The lowest BCUT2D eigenvalue weighted by atomic mass is 10.1. The van der Waals surface area contributed by atoms with Gasteiger partial charge in [0, 0.05) is 7.11 Å². The minimum Gasteiger partial charge on any atom is -0.477 e. The molecule has 2 aliphatic heterocycles. The van der Waals surface area contributed by atoms with Crippen LogP contribution < -0.4 is 0 Å². The van der Waals surface area contributed by atoms with Crippen molar-refractivity contribution in [1.29, 1.82) is 0 Å². The summed E-state index contributed by atoms with van der Waals surface area (Å²) in [7, 11) is -2.35. The summed E-state index contributed by atoms with van der Waals surface area (Å²) in [6.07, 6.45) is -1.09. The van der Waals surface area contributed by atoms with Crippen molar-refractivity contribution in [2.24, 2.45) is 0 Å². The number of hydrogen-bond donors (Lipinski definition) is 1. The second-order valence-corrected chi connectivity index (χ2v) is 6.09. The Morgan fingerprint density at radius 3 is 2.59 bits per heavy atom. The molecule has 0 saturated carbocycles. The summed E-state index contributed by atoms with van der Waals surface area (Å²) < 4.78 is 28.5. The van der Waals surface area contributed by atoms with E-state index in [9.17, 15) is 18.0 Å². The van der Waals surface area contributed by atoms with Crippen LogP contribution in [0.3, 0.4) is 0 Å². The molecule has 1 fully saturated rings. The molecular formula is C9H11NO6S. The maximum Gasteiger partial charge on any atom is 0.352 e. The van der Waals surface area contributed by atoms with E-state index in [-0.39, 0.29) is 17.0 Å². The van der Waals surface area contributed by atoms with Crippen molar-refractivity contribution in [2.75, 3.05) is 12.9 Å². The highest BCUT2D eigenvalue weighted by molar-refractivity contribution is 7.92. The van der Waals surface area contributed by atoms with Crippen LogP contribution in [0.5, 0.6) is 0 Å². The largest absolute Gasteiger partial charge is 0.477 e. The molecule has 8 heteroatoms. The Morgan fingerprint density at radius 1 is 1.53 bits per heavy atom. The second kappa shape index (κ2) is 3.54. The van der Waals surface area contributed by atoms with Crippen LogP contribution in [0, 0.1) is 0 Å². The van der Waals surface area contributed by atoms with Crippen molar-refractivity contribution < 1.29 is 27.9 Å². The van der Waals surface area contributed by atoms with Crippen LogP contribution in [0.4, 0.5) is 0 Å². The fourth-order valence-corrected chi connectivity index (χ4v) is 4.23. The molecule has 2 atom stereocenters. The molecule has 0 radical (unpaired) electrons. The third-order valence-corrected chi connectivity index (χ3v) is 4.91. The van der Waals surface area contributed by atoms with Gasteiger partial charge in [0.25, 0.3) is 5.91 Å². The Balaban J connectivity index is 2.54. The Bertz CT molecular complexity index is 534. The number of nitrogens with zero attached hydrogens (tertiary/aromatic N) is 1. The van der Waals surface area contributed by atoms with Gasteiger partial charge in [0.05, 0.1) is 5.75 Å². The predicted molar refractivity (Wildman–Crippen MR) is 55.6 cm³/mol. The number of carbonyl (C=O) groups excluding carboxylic acids is 1. The van der Waals surface area contributed by atoms with E-state index in [4.69, 9.17) is 9.84 Å². The summed E-state index contributed by atoms with van der Waals surface area (Å²) in [5.74, 6) is -2.29. The quantitative estimate of drug-likeness (QED) is 0.637. The van der Waals surface area contributed by atoms with Gasteiger partial charge in [-0.25, -0.2) is 13.2 Å². The van der Waals surface area contributed by atoms with Crippen LogP contribution in [0.25, 0.3) is 0 Å². The summed E-state index contributed by atoms with van der Waals surface area (Å²) in [6.45, 7) is 1.39. The molecule has 0 spiro atoms. The fourth-order valence-electron chi connectivity index (χ4n) is 2.19. The van der Waals surface area contributed by atoms with E-state index in [2.05, 4.69) is 0 Å². The first-order valence-corrected chi connectivity index (χ1v) is 6.53. The molecule has 0 aromatic carbocycles. The van der Waals surface area contributed by atoms with E-state index < -0.39 is 33.2 Å². The number of ether oxygens (including phenoxy) is 1. The Morgan fingerprint density at radius 2 is 2.12 bits per heavy atom. The molecular weight excluding hydrogens is 250 g/mol. The first kappa shape index (κ1) is 12.1. The zero-order valence-corrected chi connectivity index (χ0v) is 10.0. The first-order chi connectivity index (χ1) is 7.81. The van der Waals surface area contributed by atoms with Gasteiger partial charge >= 0.3 is 5.97 Å².